The number of imidazole rings is 1. The van der Waals surface area contributed by atoms with E-state index in [9.17, 15) is 0 Å². The molecule has 1 aromatic heterocycles. The lowest BCUT2D eigenvalue weighted by Gasteiger charge is -2.36. The van der Waals surface area contributed by atoms with Crippen LogP contribution >= 0.6 is 0 Å². The monoisotopic (exact) mass is 233 g/mol. The van der Waals surface area contributed by atoms with Crippen molar-refractivity contribution in [2.75, 3.05) is 0 Å². The van der Waals surface area contributed by atoms with Gasteiger partial charge in [0.2, 0.25) is 0 Å². The van der Waals surface area contributed by atoms with Crippen LogP contribution in [0.2, 0.25) is 0 Å². The molecule has 3 nitrogen and oxygen atoms in total. The SMILES string of the molecule is NC1(c2ncc(C3CCCCCC3)[nH]2)CCC1. The third-order valence-electron chi connectivity index (χ3n) is 4.61. The van der Waals surface area contributed by atoms with E-state index in [2.05, 4.69) is 9.97 Å². The second kappa shape index (κ2) is 4.45. The summed E-state index contributed by atoms with van der Waals surface area (Å²) in [6, 6.07) is 0. The molecule has 1 heterocycles. The summed E-state index contributed by atoms with van der Waals surface area (Å²) in [5, 5.41) is 0. The summed E-state index contributed by atoms with van der Waals surface area (Å²) in [6.07, 6.45) is 13.6. The minimum Gasteiger partial charge on any atom is -0.344 e. The van der Waals surface area contributed by atoms with Crippen molar-refractivity contribution in [3.63, 3.8) is 0 Å². The highest BCUT2D eigenvalue weighted by molar-refractivity contribution is 5.16. The average Bonchev–Trinajstić information content (AvgIpc) is 2.62. The molecule has 0 atom stereocenters. The fourth-order valence-corrected chi connectivity index (χ4v) is 3.18. The smallest absolute Gasteiger partial charge is 0.126 e. The van der Waals surface area contributed by atoms with Crippen LogP contribution in [0.5, 0.6) is 0 Å². The molecule has 0 spiro atoms. The van der Waals surface area contributed by atoms with Crippen LogP contribution in [0.15, 0.2) is 6.20 Å². The van der Waals surface area contributed by atoms with Gasteiger partial charge in [-0.05, 0) is 32.1 Å². The summed E-state index contributed by atoms with van der Waals surface area (Å²) in [7, 11) is 0. The number of hydrogen-bond acceptors (Lipinski definition) is 2. The van der Waals surface area contributed by atoms with E-state index in [1.54, 1.807) is 0 Å². The lowest BCUT2D eigenvalue weighted by molar-refractivity contribution is 0.239. The number of nitrogens with zero attached hydrogens (tertiary/aromatic N) is 1. The number of H-pyrrole nitrogens is 1. The van der Waals surface area contributed by atoms with Crippen molar-refractivity contribution in [3.8, 4) is 0 Å². The van der Waals surface area contributed by atoms with Gasteiger partial charge < -0.3 is 10.7 Å². The summed E-state index contributed by atoms with van der Waals surface area (Å²) in [6.45, 7) is 0. The Balaban J connectivity index is 1.74. The predicted molar refractivity (Wildman–Crippen MR) is 68.7 cm³/mol. The van der Waals surface area contributed by atoms with E-state index in [1.807, 2.05) is 6.20 Å². The van der Waals surface area contributed by atoms with Crippen LogP contribution in [0.1, 0.15) is 75.2 Å². The van der Waals surface area contributed by atoms with Gasteiger partial charge in [0.25, 0.3) is 0 Å². The maximum absolute atomic E-state index is 6.30. The Kier molecular flexibility index (Phi) is 2.95. The van der Waals surface area contributed by atoms with E-state index >= 15 is 0 Å². The van der Waals surface area contributed by atoms with Gasteiger partial charge in [0, 0.05) is 17.8 Å². The van der Waals surface area contributed by atoms with Crippen molar-refractivity contribution in [2.45, 2.75) is 69.2 Å². The Labute approximate surface area is 103 Å². The van der Waals surface area contributed by atoms with Gasteiger partial charge in [-0.3, -0.25) is 0 Å². The van der Waals surface area contributed by atoms with E-state index in [4.69, 9.17) is 5.73 Å². The van der Waals surface area contributed by atoms with Crippen molar-refractivity contribution in [2.24, 2.45) is 5.73 Å². The highest BCUT2D eigenvalue weighted by Gasteiger charge is 2.37. The third kappa shape index (κ3) is 2.13. The van der Waals surface area contributed by atoms with E-state index in [1.165, 1.54) is 50.6 Å². The molecule has 0 amide bonds. The molecule has 0 unspecified atom stereocenters. The predicted octanol–water partition coefficient (Wildman–Crippen LogP) is 3.19. The minimum absolute atomic E-state index is 0.136. The van der Waals surface area contributed by atoms with Gasteiger partial charge in [0.1, 0.15) is 5.82 Å². The Morgan fingerprint density at radius 1 is 1.12 bits per heavy atom. The zero-order valence-electron chi connectivity index (χ0n) is 10.5. The zero-order valence-corrected chi connectivity index (χ0v) is 10.5. The first-order valence-electron chi connectivity index (χ1n) is 7.12. The Morgan fingerprint density at radius 2 is 1.82 bits per heavy atom. The Hall–Kier alpha value is -0.830. The molecular formula is C14H23N3. The lowest BCUT2D eigenvalue weighted by Crippen LogP contribution is -2.44. The quantitative estimate of drug-likeness (QED) is 0.771. The Morgan fingerprint density at radius 3 is 2.41 bits per heavy atom. The number of aromatic amines is 1. The maximum Gasteiger partial charge on any atom is 0.126 e. The van der Waals surface area contributed by atoms with Gasteiger partial charge in [-0.1, -0.05) is 25.7 Å². The molecular weight excluding hydrogens is 210 g/mol. The standard InChI is InChI=1S/C14H23N3/c15-14(8-5-9-14)13-16-10-12(17-13)11-6-3-1-2-4-7-11/h10-11H,1-9,15H2,(H,16,17). The molecule has 17 heavy (non-hydrogen) atoms. The van der Waals surface area contributed by atoms with E-state index in [0.717, 1.165) is 18.7 Å². The van der Waals surface area contributed by atoms with Crippen LogP contribution in [-0.2, 0) is 5.54 Å². The topological polar surface area (TPSA) is 54.7 Å². The molecule has 1 aromatic rings. The molecule has 2 aliphatic rings. The maximum atomic E-state index is 6.30. The summed E-state index contributed by atoms with van der Waals surface area (Å²) in [5.41, 5.74) is 7.50. The third-order valence-corrected chi connectivity index (χ3v) is 4.61. The molecule has 3 rings (SSSR count). The summed E-state index contributed by atoms with van der Waals surface area (Å²) in [5.74, 6) is 1.73. The van der Waals surface area contributed by atoms with Crippen LogP contribution in [-0.4, -0.2) is 9.97 Å². The number of nitrogens with one attached hydrogen (secondary N) is 1. The normalized spacial score (nSPS) is 25.2. The largest absolute Gasteiger partial charge is 0.344 e. The first kappa shape index (κ1) is 11.3. The molecule has 0 aromatic carbocycles. The fourth-order valence-electron chi connectivity index (χ4n) is 3.18. The zero-order chi connectivity index (χ0) is 11.7. The molecule has 0 bridgehead atoms. The van der Waals surface area contributed by atoms with Gasteiger partial charge in [-0.15, -0.1) is 0 Å². The van der Waals surface area contributed by atoms with Gasteiger partial charge in [0.15, 0.2) is 0 Å². The lowest BCUT2D eigenvalue weighted by atomic mass is 9.77. The van der Waals surface area contributed by atoms with Crippen molar-refractivity contribution in [3.05, 3.63) is 17.7 Å². The van der Waals surface area contributed by atoms with E-state index < -0.39 is 0 Å². The Bertz CT molecular complexity index is 371. The molecule has 0 saturated heterocycles. The molecule has 2 aliphatic carbocycles. The van der Waals surface area contributed by atoms with E-state index in [-0.39, 0.29) is 5.54 Å². The highest BCUT2D eigenvalue weighted by atomic mass is 15.0. The van der Waals surface area contributed by atoms with Gasteiger partial charge >= 0.3 is 0 Å². The van der Waals surface area contributed by atoms with Gasteiger partial charge in [-0.25, -0.2) is 4.98 Å². The van der Waals surface area contributed by atoms with Crippen LogP contribution < -0.4 is 5.73 Å². The number of aromatic nitrogens is 2. The van der Waals surface area contributed by atoms with Crippen molar-refractivity contribution < 1.29 is 0 Å². The first-order valence-corrected chi connectivity index (χ1v) is 7.12. The number of rotatable bonds is 2. The molecule has 2 saturated carbocycles. The number of hydrogen-bond donors (Lipinski definition) is 2. The molecule has 3 N–H and O–H groups in total. The van der Waals surface area contributed by atoms with Crippen LogP contribution in [0, 0.1) is 0 Å². The minimum atomic E-state index is -0.136. The second-order valence-corrected chi connectivity index (χ2v) is 5.89. The molecule has 2 fully saturated rings. The summed E-state index contributed by atoms with van der Waals surface area (Å²) in [4.78, 5) is 8.05. The first-order chi connectivity index (χ1) is 8.28. The molecule has 3 heteroatoms. The van der Waals surface area contributed by atoms with Crippen LogP contribution in [0.3, 0.4) is 0 Å². The fraction of sp³-hybridized carbons (Fsp3) is 0.786. The molecule has 0 aliphatic heterocycles. The summed E-state index contributed by atoms with van der Waals surface area (Å²) < 4.78 is 0. The number of nitrogens with two attached hydrogens (primary N) is 1. The highest BCUT2D eigenvalue weighted by Crippen LogP contribution is 2.38. The van der Waals surface area contributed by atoms with Crippen molar-refractivity contribution in [1.29, 1.82) is 0 Å². The van der Waals surface area contributed by atoms with Crippen LogP contribution in [0.25, 0.3) is 0 Å². The van der Waals surface area contributed by atoms with Gasteiger partial charge in [0.05, 0.1) is 5.54 Å². The van der Waals surface area contributed by atoms with Crippen molar-refractivity contribution >= 4 is 0 Å². The van der Waals surface area contributed by atoms with Gasteiger partial charge in [-0.2, -0.15) is 0 Å². The van der Waals surface area contributed by atoms with Crippen molar-refractivity contribution in [1.82, 2.24) is 9.97 Å². The van der Waals surface area contributed by atoms with E-state index in [0.29, 0.717) is 5.92 Å². The molecule has 94 valence electrons. The summed E-state index contributed by atoms with van der Waals surface area (Å²) >= 11 is 0. The second-order valence-electron chi connectivity index (χ2n) is 5.89. The molecule has 0 radical (unpaired) electrons. The van der Waals surface area contributed by atoms with Crippen LogP contribution in [0.4, 0.5) is 0 Å². The average molecular weight is 233 g/mol.